The number of hydrogen-bond acceptors (Lipinski definition) is 5. The molecule has 0 spiro atoms. The minimum atomic E-state index is -0.908. The van der Waals surface area contributed by atoms with E-state index >= 15 is 0 Å². The summed E-state index contributed by atoms with van der Waals surface area (Å²) >= 11 is 1.37. The van der Waals surface area contributed by atoms with E-state index in [9.17, 15) is 9.59 Å². The lowest BCUT2D eigenvalue weighted by Crippen LogP contribution is -2.44. The van der Waals surface area contributed by atoms with Crippen LogP contribution in [0.1, 0.15) is 25.5 Å². The van der Waals surface area contributed by atoms with E-state index < -0.39 is 17.9 Å². The largest absolute Gasteiger partial charge is 0.464 e. The molecule has 5 nitrogen and oxygen atoms in total. The summed E-state index contributed by atoms with van der Waals surface area (Å²) in [6.07, 6.45) is 5.43. The van der Waals surface area contributed by atoms with Crippen molar-refractivity contribution in [3.8, 4) is 12.3 Å². The van der Waals surface area contributed by atoms with Gasteiger partial charge in [0, 0.05) is 12.3 Å². The fourth-order valence-corrected chi connectivity index (χ4v) is 2.05. The minimum absolute atomic E-state index is 0.225. The molecule has 0 aromatic carbocycles. The fourth-order valence-electron chi connectivity index (χ4n) is 1.46. The van der Waals surface area contributed by atoms with E-state index in [1.165, 1.54) is 18.3 Å². The fraction of sp³-hybridized carbons (Fsp3) is 0.417. The molecule has 0 saturated heterocycles. The van der Waals surface area contributed by atoms with Crippen molar-refractivity contribution in [1.29, 1.82) is 0 Å². The number of carbonyl (C=O) groups is 2. The second kappa shape index (κ2) is 6.77. The number of ether oxygens (including phenoxy) is 1. The summed E-state index contributed by atoms with van der Waals surface area (Å²) < 4.78 is 4.91. The topological polar surface area (TPSA) is 68.3 Å². The molecule has 0 aliphatic heterocycles. The number of nitrogens with one attached hydrogen (secondary N) is 1. The zero-order valence-electron chi connectivity index (χ0n) is 10.2. The van der Waals surface area contributed by atoms with Crippen LogP contribution in [0.3, 0.4) is 0 Å². The molecule has 1 heterocycles. The highest BCUT2D eigenvalue weighted by atomic mass is 32.1. The molecular weight excluding hydrogens is 252 g/mol. The van der Waals surface area contributed by atoms with Gasteiger partial charge in [0.2, 0.25) is 5.91 Å². The maximum absolute atomic E-state index is 11.8. The van der Waals surface area contributed by atoms with Gasteiger partial charge >= 0.3 is 5.97 Å². The van der Waals surface area contributed by atoms with Crippen molar-refractivity contribution < 1.29 is 14.3 Å². The van der Waals surface area contributed by atoms with E-state index in [1.807, 2.05) is 0 Å². The summed E-state index contributed by atoms with van der Waals surface area (Å²) in [5, 5.41) is 4.26. The minimum Gasteiger partial charge on any atom is -0.464 e. The van der Waals surface area contributed by atoms with Gasteiger partial charge in [-0.15, -0.1) is 17.8 Å². The van der Waals surface area contributed by atoms with Crippen LogP contribution in [0.15, 0.2) is 10.9 Å². The molecular formula is C12H14N2O3S. The van der Waals surface area contributed by atoms with Crippen molar-refractivity contribution in [2.45, 2.75) is 25.8 Å². The predicted octanol–water partition coefficient (Wildman–Crippen LogP) is 0.928. The average molecular weight is 266 g/mol. The molecule has 0 unspecified atom stereocenters. The second-order valence-electron chi connectivity index (χ2n) is 3.49. The number of thiazole rings is 1. The predicted molar refractivity (Wildman–Crippen MR) is 67.9 cm³/mol. The Kier molecular flexibility index (Phi) is 5.33. The summed E-state index contributed by atoms with van der Waals surface area (Å²) in [6, 6.07) is -0.908. The second-order valence-corrected chi connectivity index (χ2v) is 4.21. The van der Waals surface area contributed by atoms with Crippen molar-refractivity contribution >= 4 is 23.2 Å². The standard InChI is InChI=1S/C12H14N2O3S/c1-4-9(10-6-18-7-13-10)11(14-8(3)15)12(16)17-5-2/h1,6-7,9,11H,5H2,2-3H3,(H,14,15)/t9-,11-/m0/s1. The van der Waals surface area contributed by atoms with E-state index in [4.69, 9.17) is 11.2 Å². The van der Waals surface area contributed by atoms with Crippen molar-refractivity contribution in [1.82, 2.24) is 10.3 Å². The zero-order chi connectivity index (χ0) is 13.5. The third-order valence-corrected chi connectivity index (χ3v) is 2.79. The van der Waals surface area contributed by atoms with Crippen molar-refractivity contribution in [3.05, 3.63) is 16.6 Å². The molecule has 0 bridgehead atoms. The summed E-state index contributed by atoms with van der Waals surface area (Å²) in [4.78, 5) is 27.0. The molecule has 0 radical (unpaired) electrons. The number of terminal acetylenes is 1. The number of hydrogen-bond donors (Lipinski definition) is 1. The number of nitrogens with zero attached hydrogens (tertiary/aromatic N) is 1. The molecule has 1 amide bonds. The van der Waals surface area contributed by atoms with Crippen molar-refractivity contribution in [3.63, 3.8) is 0 Å². The maximum atomic E-state index is 11.8. The smallest absolute Gasteiger partial charge is 0.330 e. The quantitative estimate of drug-likeness (QED) is 0.636. The Labute approximate surface area is 110 Å². The molecule has 0 aliphatic carbocycles. The van der Waals surface area contributed by atoms with E-state index in [1.54, 1.807) is 17.8 Å². The summed E-state index contributed by atoms with van der Waals surface area (Å²) in [6.45, 7) is 3.24. The molecule has 1 aromatic heterocycles. The highest BCUT2D eigenvalue weighted by Gasteiger charge is 2.31. The molecule has 1 aromatic rings. The highest BCUT2D eigenvalue weighted by Crippen LogP contribution is 2.20. The summed E-state index contributed by atoms with van der Waals surface area (Å²) in [5.41, 5.74) is 2.20. The van der Waals surface area contributed by atoms with Gasteiger partial charge in [0.15, 0.2) is 0 Å². The molecule has 18 heavy (non-hydrogen) atoms. The third-order valence-electron chi connectivity index (χ3n) is 2.18. The average Bonchev–Trinajstić information content (AvgIpc) is 2.82. The van der Waals surface area contributed by atoms with Crippen LogP contribution in [0, 0.1) is 12.3 Å². The lowest BCUT2D eigenvalue weighted by atomic mass is 9.97. The van der Waals surface area contributed by atoms with Crippen LogP contribution in [0.4, 0.5) is 0 Å². The molecule has 1 rings (SSSR count). The van der Waals surface area contributed by atoms with Crippen molar-refractivity contribution in [2.24, 2.45) is 0 Å². The number of rotatable bonds is 5. The van der Waals surface area contributed by atoms with E-state index in [0.717, 1.165) is 0 Å². The third kappa shape index (κ3) is 3.57. The van der Waals surface area contributed by atoms with Crippen molar-refractivity contribution in [2.75, 3.05) is 6.61 Å². The van der Waals surface area contributed by atoms with E-state index in [0.29, 0.717) is 5.69 Å². The van der Waals surface area contributed by atoms with Gasteiger partial charge in [-0.25, -0.2) is 9.78 Å². The first-order valence-corrected chi connectivity index (χ1v) is 6.32. The number of amides is 1. The van der Waals surface area contributed by atoms with Crippen LogP contribution >= 0.6 is 11.3 Å². The SMILES string of the molecule is C#C[C@@H](c1cscn1)[C@H](NC(C)=O)C(=O)OCC. The number of esters is 1. The Morgan fingerprint density at radius 1 is 1.67 bits per heavy atom. The Bertz CT molecular complexity index is 450. The van der Waals surface area contributed by atoms with Gasteiger partial charge in [0.25, 0.3) is 0 Å². The molecule has 0 aliphatic rings. The Balaban J connectivity index is 2.97. The molecule has 96 valence electrons. The normalized spacial score (nSPS) is 13.2. The zero-order valence-corrected chi connectivity index (χ0v) is 11.0. The molecule has 0 saturated carbocycles. The van der Waals surface area contributed by atoms with Gasteiger partial charge in [-0.05, 0) is 6.92 Å². The lowest BCUT2D eigenvalue weighted by Gasteiger charge is -2.20. The number of carbonyl (C=O) groups excluding carboxylic acids is 2. The van der Waals surface area contributed by atoms with Gasteiger partial charge in [-0.1, -0.05) is 5.92 Å². The monoisotopic (exact) mass is 266 g/mol. The summed E-state index contributed by atoms with van der Waals surface area (Å²) in [5.74, 6) is 0.956. The molecule has 6 heteroatoms. The molecule has 1 N–H and O–H groups in total. The maximum Gasteiger partial charge on any atom is 0.330 e. The first-order valence-electron chi connectivity index (χ1n) is 5.38. The van der Waals surface area contributed by atoms with Gasteiger partial charge in [-0.2, -0.15) is 0 Å². The van der Waals surface area contributed by atoms with Crippen LogP contribution in [-0.4, -0.2) is 29.5 Å². The lowest BCUT2D eigenvalue weighted by molar-refractivity contribution is -0.147. The molecule has 0 fully saturated rings. The Morgan fingerprint density at radius 3 is 2.83 bits per heavy atom. The van der Waals surface area contributed by atoms with Gasteiger partial charge in [-0.3, -0.25) is 4.79 Å². The Morgan fingerprint density at radius 2 is 2.39 bits per heavy atom. The first-order chi connectivity index (χ1) is 8.60. The number of aromatic nitrogens is 1. The first kappa shape index (κ1) is 14.2. The van der Waals surface area contributed by atoms with Crippen LogP contribution in [0.5, 0.6) is 0 Å². The van der Waals surface area contributed by atoms with Gasteiger partial charge < -0.3 is 10.1 Å². The van der Waals surface area contributed by atoms with Crippen LogP contribution in [-0.2, 0) is 14.3 Å². The Hall–Kier alpha value is -1.87. The van der Waals surface area contributed by atoms with E-state index in [2.05, 4.69) is 16.2 Å². The van der Waals surface area contributed by atoms with Crippen LogP contribution < -0.4 is 5.32 Å². The van der Waals surface area contributed by atoms with Gasteiger partial charge in [0.05, 0.1) is 23.7 Å². The summed E-state index contributed by atoms with van der Waals surface area (Å²) in [7, 11) is 0. The van der Waals surface area contributed by atoms with Crippen LogP contribution in [0.2, 0.25) is 0 Å². The van der Waals surface area contributed by atoms with Crippen LogP contribution in [0.25, 0.3) is 0 Å². The van der Waals surface area contributed by atoms with E-state index in [-0.39, 0.29) is 12.5 Å². The van der Waals surface area contributed by atoms with Gasteiger partial charge in [0.1, 0.15) is 6.04 Å². The molecule has 2 atom stereocenters. The highest BCUT2D eigenvalue weighted by molar-refractivity contribution is 7.07.